The van der Waals surface area contributed by atoms with Crippen LogP contribution in [-0.2, 0) is 22.9 Å². The largest absolute Gasteiger partial charge is 0.240 e. The highest BCUT2D eigenvalue weighted by molar-refractivity contribution is 7.89. The lowest BCUT2D eigenvalue weighted by molar-refractivity contribution is 0.538. The van der Waals surface area contributed by atoms with E-state index < -0.39 is 10.0 Å². The SMILES string of the molecule is C[C@H](NS(=O)(=O)c1ccc2c(c1)CCCC2)C1CC1. The lowest BCUT2D eigenvalue weighted by Crippen LogP contribution is -2.34. The summed E-state index contributed by atoms with van der Waals surface area (Å²) in [6.45, 7) is 1.97. The maximum atomic E-state index is 12.3. The van der Waals surface area contributed by atoms with E-state index in [1.54, 1.807) is 6.07 Å². The number of rotatable bonds is 4. The van der Waals surface area contributed by atoms with Crippen molar-refractivity contribution in [3.63, 3.8) is 0 Å². The number of benzene rings is 1. The Morgan fingerprint density at radius 2 is 1.84 bits per heavy atom. The molecule has 3 nitrogen and oxygen atoms in total. The van der Waals surface area contributed by atoms with E-state index in [0.717, 1.165) is 25.7 Å². The van der Waals surface area contributed by atoms with Crippen LogP contribution < -0.4 is 4.72 Å². The normalized spacial score (nSPS) is 20.9. The molecule has 0 heterocycles. The van der Waals surface area contributed by atoms with E-state index >= 15 is 0 Å². The zero-order valence-corrected chi connectivity index (χ0v) is 12.2. The van der Waals surface area contributed by atoms with Crippen molar-refractivity contribution < 1.29 is 8.42 Å². The molecule has 0 saturated heterocycles. The number of hydrogen-bond acceptors (Lipinski definition) is 2. The summed E-state index contributed by atoms with van der Waals surface area (Å²) < 4.78 is 27.5. The average Bonchev–Trinajstić information content (AvgIpc) is 3.22. The molecule has 1 N–H and O–H groups in total. The first-order valence-corrected chi connectivity index (χ1v) is 8.69. The first-order chi connectivity index (χ1) is 9.06. The van der Waals surface area contributed by atoms with Gasteiger partial charge in [0.15, 0.2) is 0 Å². The van der Waals surface area contributed by atoms with Gasteiger partial charge < -0.3 is 0 Å². The van der Waals surface area contributed by atoms with Gasteiger partial charge in [-0.15, -0.1) is 0 Å². The van der Waals surface area contributed by atoms with Gasteiger partial charge in [0, 0.05) is 6.04 Å². The second kappa shape index (κ2) is 4.91. The molecule has 4 heteroatoms. The Balaban J connectivity index is 1.83. The molecule has 0 spiro atoms. The lowest BCUT2D eigenvalue weighted by atomic mass is 9.92. The Morgan fingerprint density at radius 1 is 1.16 bits per heavy atom. The van der Waals surface area contributed by atoms with Crippen molar-refractivity contribution in [2.24, 2.45) is 5.92 Å². The highest BCUT2D eigenvalue weighted by Crippen LogP contribution is 2.33. The van der Waals surface area contributed by atoms with Gasteiger partial charge in [0.25, 0.3) is 0 Å². The van der Waals surface area contributed by atoms with E-state index in [1.165, 1.54) is 24.0 Å². The molecule has 2 aliphatic carbocycles. The first-order valence-electron chi connectivity index (χ1n) is 7.20. The topological polar surface area (TPSA) is 46.2 Å². The third-order valence-electron chi connectivity index (χ3n) is 4.30. The van der Waals surface area contributed by atoms with E-state index in [9.17, 15) is 8.42 Å². The summed E-state index contributed by atoms with van der Waals surface area (Å²) in [5.41, 5.74) is 2.54. The lowest BCUT2D eigenvalue weighted by Gasteiger charge is -2.18. The Morgan fingerprint density at radius 3 is 2.53 bits per heavy atom. The van der Waals surface area contributed by atoms with Gasteiger partial charge in [0.2, 0.25) is 10.0 Å². The fourth-order valence-corrected chi connectivity index (χ4v) is 4.24. The molecule has 1 aromatic carbocycles. The van der Waals surface area contributed by atoms with Crippen molar-refractivity contribution in [2.45, 2.75) is 56.4 Å². The predicted octanol–water partition coefficient (Wildman–Crippen LogP) is 2.64. The third-order valence-corrected chi connectivity index (χ3v) is 5.86. The molecule has 1 fully saturated rings. The quantitative estimate of drug-likeness (QED) is 0.921. The van der Waals surface area contributed by atoms with E-state index in [-0.39, 0.29) is 6.04 Å². The minimum Gasteiger partial charge on any atom is -0.208 e. The second-order valence-electron chi connectivity index (χ2n) is 5.89. The van der Waals surface area contributed by atoms with Crippen LogP contribution in [-0.4, -0.2) is 14.5 Å². The van der Waals surface area contributed by atoms with Crippen molar-refractivity contribution in [3.8, 4) is 0 Å². The van der Waals surface area contributed by atoms with Gasteiger partial charge in [-0.25, -0.2) is 13.1 Å². The molecule has 19 heavy (non-hydrogen) atoms. The number of hydrogen-bond donors (Lipinski definition) is 1. The molecule has 1 atom stereocenters. The molecule has 104 valence electrons. The molecule has 2 aliphatic rings. The molecule has 0 aromatic heterocycles. The minimum atomic E-state index is -3.35. The highest BCUT2D eigenvalue weighted by Gasteiger charge is 2.31. The van der Waals surface area contributed by atoms with Crippen LogP contribution in [0.2, 0.25) is 0 Å². The van der Waals surface area contributed by atoms with E-state index in [0.29, 0.717) is 10.8 Å². The van der Waals surface area contributed by atoms with Gasteiger partial charge in [-0.2, -0.15) is 0 Å². The summed E-state index contributed by atoms with van der Waals surface area (Å²) in [6.07, 6.45) is 6.78. The van der Waals surface area contributed by atoms with Crippen LogP contribution in [0, 0.1) is 5.92 Å². The maximum absolute atomic E-state index is 12.3. The van der Waals surface area contributed by atoms with Gasteiger partial charge in [-0.3, -0.25) is 0 Å². The van der Waals surface area contributed by atoms with Crippen LogP contribution >= 0.6 is 0 Å². The Hall–Kier alpha value is -0.870. The molecule has 0 radical (unpaired) electrons. The minimum absolute atomic E-state index is 0.0565. The van der Waals surface area contributed by atoms with Crippen LogP contribution in [0.5, 0.6) is 0 Å². The monoisotopic (exact) mass is 279 g/mol. The summed E-state index contributed by atoms with van der Waals surface area (Å²) in [6, 6.07) is 5.67. The summed E-state index contributed by atoms with van der Waals surface area (Å²) in [7, 11) is -3.35. The molecule has 0 unspecified atom stereocenters. The summed E-state index contributed by atoms with van der Waals surface area (Å²) in [5.74, 6) is 0.535. The standard InChI is InChI=1S/C15H21NO2S/c1-11(12-6-7-12)16-19(17,18)15-9-8-13-4-2-3-5-14(13)10-15/h8-12,16H,2-7H2,1H3/t11-/m0/s1. The molecule has 1 saturated carbocycles. The average molecular weight is 279 g/mol. The highest BCUT2D eigenvalue weighted by atomic mass is 32.2. The number of nitrogens with one attached hydrogen (secondary N) is 1. The van der Waals surface area contributed by atoms with Crippen molar-refractivity contribution in [1.82, 2.24) is 4.72 Å². The zero-order valence-electron chi connectivity index (χ0n) is 11.4. The second-order valence-corrected chi connectivity index (χ2v) is 7.60. The molecule has 3 rings (SSSR count). The zero-order chi connectivity index (χ0) is 13.5. The predicted molar refractivity (Wildman–Crippen MR) is 75.6 cm³/mol. The van der Waals surface area contributed by atoms with Gasteiger partial charge in [0.1, 0.15) is 0 Å². The van der Waals surface area contributed by atoms with Crippen LogP contribution in [0.4, 0.5) is 0 Å². The third kappa shape index (κ3) is 2.84. The summed E-state index contributed by atoms with van der Waals surface area (Å²) >= 11 is 0. The van der Waals surface area contributed by atoms with Crippen LogP contribution in [0.3, 0.4) is 0 Å². The van der Waals surface area contributed by atoms with Gasteiger partial charge in [-0.1, -0.05) is 6.07 Å². The molecule has 1 aromatic rings. The maximum Gasteiger partial charge on any atom is 0.240 e. The number of fused-ring (bicyclic) bond motifs is 1. The fourth-order valence-electron chi connectivity index (χ4n) is 2.88. The van der Waals surface area contributed by atoms with Crippen molar-refractivity contribution >= 4 is 10.0 Å². The number of sulfonamides is 1. The van der Waals surface area contributed by atoms with Crippen LogP contribution in [0.15, 0.2) is 23.1 Å². The smallest absolute Gasteiger partial charge is 0.208 e. The molecular weight excluding hydrogens is 258 g/mol. The summed E-state index contributed by atoms with van der Waals surface area (Å²) in [4.78, 5) is 0.431. The van der Waals surface area contributed by atoms with Gasteiger partial charge in [0.05, 0.1) is 4.90 Å². The Bertz CT molecular complexity index is 576. The van der Waals surface area contributed by atoms with Crippen molar-refractivity contribution in [2.75, 3.05) is 0 Å². The van der Waals surface area contributed by atoms with Gasteiger partial charge in [-0.05, 0) is 74.6 Å². The van der Waals surface area contributed by atoms with E-state index in [4.69, 9.17) is 0 Å². The van der Waals surface area contributed by atoms with Crippen molar-refractivity contribution in [1.29, 1.82) is 0 Å². The summed E-state index contributed by atoms with van der Waals surface area (Å²) in [5, 5.41) is 0. The first kappa shape index (κ1) is 13.1. The van der Waals surface area contributed by atoms with Gasteiger partial charge >= 0.3 is 0 Å². The van der Waals surface area contributed by atoms with E-state index in [1.807, 2.05) is 19.1 Å². The Labute approximate surface area is 115 Å². The van der Waals surface area contributed by atoms with Crippen LogP contribution in [0.1, 0.15) is 43.7 Å². The fraction of sp³-hybridized carbons (Fsp3) is 0.600. The molecular formula is C15H21NO2S. The van der Waals surface area contributed by atoms with E-state index in [2.05, 4.69) is 4.72 Å². The molecule has 0 bridgehead atoms. The molecule has 0 aliphatic heterocycles. The molecule has 0 amide bonds. The van der Waals surface area contributed by atoms with Crippen LogP contribution in [0.25, 0.3) is 0 Å². The Kier molecular flexibility index (Phi) is 3.39. The number of aryl methyl sites for hydroxylation is 2. The van der Waals surface area contributed by atoms with Crippen molar-refractivity contribution in [3.05, 3.63) is 29.3 Å².